The molecule has 0 unspecified atom stereocenters. The lowest BCUT2D eigenvalue weighted by molar-refractivity contribution is -0.134. The van der Waals surface area contributed by atoms with Gasteiger partial charge < -0.3 is 10.1 Å². The Labute approximate surface area is 123 Å². The fraction of sp³-hybridized carbons (Fsp3) is 0.941. The van der Waals surface area contributed by atoms with Crippen LogP contribution < -0.4 is 5.32 Å². The minimum absolute atomic E-state index is 0.0558. The van der Waals surface area contributed by atoms with Crippen molar-refractivity contribution in [2.24, 2.45) is 22.7 Å². The van der Waals surface area contributed by atoms with Gasteiger partial charge in [-0.1, -0.05) is 34.6 Å². The molecule has 0 spiro atoms. The Bertz CT molecular complexity index is 377. The van der Waals surface area contributed by atoms with Crippen molar-refractivity contribution in [3.05, 3.63) is 0 Å². The highest BCUT2D eigenvalue weighted by atomic mass is 16.5. The van der Waals surface area contributed by atoms with Gasteiger partial charge in [0.05, 0.1) is 0 Å². The van der Waals surface area contributed by atoms with Crippen molar-refractivity contribution in [2.45, 2.75) is 73.0 Å². The lowest BCUT2D eigenvalue weighted by atomic mass is 9.69. The molecule has 0 heterocycles. The predicted octanol–water partition coefficient (Wildman–Crippen LogP) is 3.38. The van der Waals surface area contributed by atoms with Crippen LogP contribution in [0, 0.1) is 22.7 Å². The first-order valence-electron chi connectivity index (χ1n) is 8.10. The van der Waals surface area contributed by atoms with Crippen LogP contribution in [0.2, 0.25) is 0 Å². The normalized spacial score (nSPS) is 36.4. The number of fused-ring (bicyclic) bond motifs is 2. The van der Waals surface area contributed by atoms with Crippen LogP contribution in [-0.4, -0.2) is 24.7 Å². The quantitative estimate of drug-likeness (QED) is 0.839. The van der Waals surface area contributed by atoms with Crippen molar-refractivity contribution < 1.29 is 9.53 Å². The molecule has 20 heavy (non-hydrogen) atoms. The Kier molecular flexibility index (Phi) is 4.21. The Hall–Kier alpha value is -0.570. The first-order valence-corrected chi connectivity index (χ1v) is 8.10. The number of rotatable bonds is 5. The minimum Gasteiger partial charge on any atom is -0.368 e. The Morgan fingerprint density at radius 2 is 1.95 bits per heavy atom. The van der Waals surface area contributed by atoms with E-state index in [1.165, 1.54) is 12.8 Å². The van der Waals surface area contributed by atoms with Gasteiger partial charge >= 0.3 is 0 Å². The van der Waals surface area contributed by atoms with Crippen molar-refractivity contribution in [3.8, 4) is 0 Å². The molecule has 0 aromatic heterocycles. The molecule has 2 aliphatic rings. The average Bonchev–Trinajstić information content (AvgIpc) is 2.68. The largest absolute Gasteiger partial charge is 0.368 e. The summed E-state index contributed by atoms with van der Waals surface area (Å²) in [7, 11) is 0. The standard InChI is InChI=1S/C17H31NO2/c1-11(2)10-20-12(3)15(19)18-14-9-13-7-8-17(14,6)16(13,4)5/h11-14H,7-10H2,1-6H3,(H,18,19)/t12-,13+,14+,17+/m0/s1. The average molecular weight is 281 g/mol. The molecule has 4 atom stereocenters. The van der Waals surface area contributed by atoms with Gasteiger partial charge in [-0.05, 0) is 48.9 Å². The second-order valence-corrected chi connectivity index (χ2v) is 8.04. The predicted molar refractivity (Wildman–Crippen MR) is 81.4 cm³/mol. The van der Waals surface area contributed by atoms with E-state index < -0.39 is 0 Å². The highest BCUT2D eigenvalue weighted by Gasteiger charge is 2.61. The molecule has 0 radical (unpaired) electrons. The van der Waals surface area contributed by atoms with E-state index in [0.29, 0.717) is 24.0 Å². The van der Waals surface area contributed by atoms with E-state index in [9.17, 15) is 4.79 Å². The summed E-state index contributed by atoms with van der Waals surface area (Å²) < 4.78 is 5.63. The van der Waals surface area contributed by atoms with E-state index in [4.69, 9.17) is 4.74 Å². The SMILES string of the molecule is CC(C)CO[C@@H](C)C(=O)N[C@@H]1C[C@H]2CC[C@@]1(C)C2(C)C. The summed E-state index contributed by atoms with van der Waals surface area (Å²) in [5, 5.41) is 3.27. The lowest BCUT2D eigenvalue weighted by Gasteiger charge is -2.39. The number of amides is 1. The maximum atomic E-state index is 12.3. The van der Waals surface area contributed by atoms with E-state index in [0.717, 1.165) is 12.3 Å². The summed E-state index contributed by atoms with van der Waals surface area (Å²) in [6.07, 6.45) is 3.33. The number of hydrogen-bond acceptors (Lipinski definition) is 2. The third kappa shape index (κ3) is 2.49. The molecule has 2 saturated carbocycles. The fourth-order valence-corrected chi connectivity index (χ4v) is 4.12. The molecule has 2 bridgehead atoms. The maximum Gasteiger partial charge on any atom is 0.249 e. The van der Waals surface area contributed by atoms with Crippen LogP contribution in [-0.2, 0) is 9.53 Å². The molecule has 3 heteroatoms. The lowest BCUT2D eigenvalue weighted by Crippen LogP contribution is -2.49. The zero-order valence-electron chi connectivity index (χ0n) is 14.0. The summed E-state index contributed by atoms with van der Waals surface area (Å²) in [4.78, 5) is 12.3. The van der Waals surface area contributed by atoms with E-state index in [-0.39, 0.29) is 17.4 Å². The molecule has 2 aliphatic carbocycles. The number of hydrogen-bond donors (Lipinski definition) is 1. The number of nitrogens with one attached hydrogen (secondary N) is 1. The number of carbonyl (C=O) groups excluding carboxylic acids is 1. The second-order valence-electron chi connectivity index (χ2n) is 8.04. The monoisotopic (exact) mass is 281 g/mol. The van der Waals surface area contributed by atoms with Gasteiger partial charge in [-0.25, -0.2) is 0 Å². The topological polar surface area (TPSA) is 38.3 Å². The Morgan fingerprint density at radius 1 is 1.30 bits per heavy atom. The molecule has 0 saturated heterocycles. The van der Waals surface area contributed by atoms with Crippen LogP contribution >= 0.6 is 0 Å². The minimum atomic E-state index is -0.344. The number of ether oxygens (including phenoxy) is 1. The van der Waals surface area contributed by atoms with Gasteiger partial charge in [-0.2, -0.15) is 0 Å². The first-order chi connectivity index (χ1) is 9.18. The summed E-state index contributed by atoms with van der Waals surface area (Å²) >= 11 is 0. The van der Waals surface area contributed by atoms with Gasteiger partial charge in [0.2, 0.25) is 5.91 Å². The smallest absolute Gasteiger partial charge is 0.249 e. The van der Waals surface area contributed by atoms with Gasteiger partial charge in [0.25, 0.3) is 0 Å². The highest BCUT2D eigenvalue weighted by molar-refractivity contribution is 5.80. The van der Waals surface area contributed by atoms with E-state index in [1.54, 1.807) is 0 Å². The van der Waals surface area contributed by atoms with Gasteiger partial charge in [0.1, 0.15) is 6.10 Å². The Balaban J connectivity index is 1.93. The van der Waals surface area contributed by atoms with E-state index >= 15 is 0 Å². The zero-order valence-corrected chi connectivity index (χ0v) is 14.0. The molecule has 3 nitrogen and oxygen atoms in total. The van der Waals surface area contributed by atoms with Crippen molar-refractivity contribution in [1.82, 2.24) is 5.32 Å². The van der Waals surface area contributed by atoms with Gasteiger partial charge in [0, 0.05) is 12.6 Å². The van der Waals surface area contributed by atoms with Crippen LogP contribution in [0.15, 0.2) is 0 Å². The van der Waals surface area contributed by atoms with Crippen molar-refractivity contribution in [2.75, 3.05) is 6.61 Å². The highest BCUT2D eigenvalue weighted by Crippen LogP contribution is 2.65. The Morgan fingerprint density at radius 3 is 2.40 bits per heavy atom. The molecular weight excluding hydrogens is 250 g/mol. The molecule has 0 aromatic carbocycles. The van der Waals surface area contributed by atoms with Crippen molar-refractivity contribution >= 4 is 5.91 Å². The third-order valence-electron chi connectivity index (χ3n) is 6.16. The second kappa shape index (κ2) is 5.32. The van der Waals surface area contributed by atoms with Gasteiger partial charge in [-0.3, -0.25) is 4.79 Å². The molecule has 2 fully saturated rings. The van der Waals surface area contributed by atoms with Crippen LogP contribution in [0.3, 0.4) is 0 Å². The first kappa shape index (κ1) is 15.8. The molecule has 1 amide bonds. The zero-order chi connectivity index (χ0) is 15.1. The molecule has 0 aromatic rings. The van der Waals surface area contributed by atoms with Crippen LogP contribution in [0.4, 0.5) is 0 Å². The van der Waals surface area contributed by atoms with Gasteiger partial charge in [-0.15, -0.1) is 0 Å². The third-order valence-corrected chi connectivity index (χ3v) is 6.16. The fourth-order valence-electron chi connectivity index (χ4n) is 4.12. The molecule has 116 valence electrons. The van der Waals surface area contributed by atoms with Crippen LogP contribution in [0.5, 0.6) is 0 Å². The van der Waals surface area contributed by atoms with Crippen molar-refractivity contribution in [1.29, 1.82) is 0 Å². The van der Waals surface area contributed by atoms with E-state index in [1.807, 2.05) is 6.92 Å². The molecule has 2 rings (SSSR count). The molecule has 1 N–H and O–H groups in total. The summed E-state index contributed by atoms with van der Waals surface area (Å²) in [6, 6.07) is 0.314. The summed E-state index contributed by atoms with van der Waals surface area (Å²) in [5.41, 5.74) is 0.581. The van der Waals surface area contributed by atoms with Crippen molar-refractivity contribution in [3.63, 3.8) is 0 Å². The molecular formula is C17H31NO2. The number of carbonyl (C=O) groups is 1. The summed E-state index contributed by atoms with van der Waals surface area (Å²) in [5.74, 6) is 1.27. The molecule has 0 aliphatic heterocycles. The van der Waals surface area contributed by atoms with Crippen LogP contribution in [0.25, 0.3) is 0 Å². The summed E-state index contributed by atoms with van der Waals surface area (Å²) in [6.45, 7) is 13.8. The van der Waals surface area contributed by atoms with E-state index in [2.05, 4.69) is 39.9 Å². The maximum absolute atomic E-state index is 12.3. The van der Waals surface area contributed by atoms with Gasteiger partial charge in [0.15, 0.2) is 0 Å². The van der Waals surface area contributed by atoms with Crippen LogP contribution in [0.1, 0.15) is 60.8 Å².